The Morgan fingerprint density at radius 2 is 2.13 bits per heavy atom. The molecule has 0 radical (unpaired) electrons. The monoisotopic (exact) mass is 307 g/mol. The lowest BCUT2D eigenvalue weighted by Crippen LogP contribution is -2.17. The molecule has 0 spiro atoms. The zero-order valence-corrected chi connectivity index (χ0v) is 13.8. The largest absolute Gasteiger partial charge is 0.384 e. The van der Waals surface area contributed by atoms with Gasteiger partial charge in [-0.2, -0.15) is 5.10 Å². The Hall–Kier alpha value is -2.11. The molecule has 1 aliphatic rings. The molecular weight excluding hydrogens is 285 g/mol. The fraction of sp³-hybridized carbons (Fsp3) is 0.471. The quantitative estimate of drug-likeness (QED) is 0.696. The molecule has 1 fully saturated rings. The number of hydrogen-bond acceptors (Lipinski definition) is 3. The first kappa shape index (κ1) is 14.5. The van der Waals surface area contributed by atoms with Gasteiger partial charge in [-0.05, 0) is 37.4 Å². The maximum Gasteiger partial charge on any atom is 0.224 e. The van der Waals surface area contributed by atoms with Crippen LogP contribution in [0, 0.1) is 5.92 Å². The molecule has 0 bridgehead atoms. The van der Waals surface area contributed by atoms with Crippen molar-refractivity contribution < 1.29 is 0 Å². The van der Waals surface area contributed by atoms with Gasteiger partial charge < -0.3 is 4.48 Å². The number of rotatable bonds is 4. The molecule has 1 atom stereocenters. The third-order valence-electron chi connectivity index (χ3n) is 5.24. The number of nitrogens with zero attached hydrogens (tertiary/aromatic N) is 5. The van der Waals surface area contributed by atoms with Crippen LogP contribution in [0.15, 0.2) is 31.0 Å². The molecule has 4 rings (SSSR count). The number of hydrogen-bond donors (Lipinski definition) is 0. The lowest BCUT2D eigenvalue weighted by Gasteiger charge is -2.22. The first-order valence-corrected chi connectivity index (χ1v) is 8.58. The summed E-state index contributed by atoms with van der Waals surface area (Å²) >= 11 is 0. The van der Waals surface area contributed by atoms with Gasteiger partial charge in [-0.3, -0.25) is 4.68 Å². The van der Waals surface area contributed by atoms with Crippen LogP contribution in [0.25, 0.3) is 22.3 Å². The van der Waals surface area contributed by atoms with Gasteiger partial charge in [0.15, 0.2) is 0 Å². The Kier molecular flexibility index (Phi) is 3.67. The molecule has 1 aliphatic carbocycles. The predicted molar refractivity (Wildman–Crippen MR) is 94.0 cm³/mol. The van der Waals surface area contributed by atoms with Crippen LogP contribution in [0.2, 0.25) is 0 Å². The van der Waals surface area contributed by atoms with Gasteiger partial charge in [-0.15, -0.1) is 0 Å². The van der Waals surface area contributed by atoms with Gasteiger partial charge in [0, 0.05) is 17.1 Å². The van der Waals surface area contributed by atoms with Crippen LogP contribution in [0.1, 0.15) is 45.1 Å². The van der Waals surface area contributed by atoms with Crippen LogP contribution in [0.4, 0.5) is 0 Å². The highest BCUT2D eigenvalue weighted by atomic mass is 15.3. The van der Waals surface area contributed by atoms with Crippen molar-refractivity contribution in [2.45, 2.75) is 45.1 Å². The zero-order valence-electron chi connectivity index (χ0n) is 13.8. The van der Waals surface area contributed by atoms with Crippen molar-refractivity contribution in [3.63, 3.8) is 0 Å². The molecule has 0 aliphatic heterocycles. The van der Waals surface area contributed by atoms with E-state index in [0.29, 0.717) is 6.04 Å². The zero-order chi connectivity index (χ0) is 15.8. The van der Waals surface area contributed by atoms with E-state index in [4.69, 9.17) is 0 Å². The first-order valence-electron chi connectivity index (χ1n) is 8.58. The average molecular weight is 307 g/mol. The maximum absolute atomic E-state index is 4.67. The van der Waals surface area contributed by atoms with Gasteiger partial charge in [-0.1, -0.05) is 19.8 Å². The minimum atomic E-state index is 0.513. The van der Waals surface area contributed by atoms with Crippen molar-refractivity contribution in [1.82, 2.24) is 24.2 Å². The highest BCUT2D eigenvalue weighted by molar-refractivity contribution is 6.11. The second-order valence-electron chi connectivity index (χ2n) is 6.62. The van der Waals surface area contributed by atoms with Crippen LogP contribution in [0.3, 0.4) is 0 Å². The Bertz CT molecular complexity index is 815. The molecule has 6 heteroatoms. The van der Waals surface area contributed by atoms with Crippen LogP contribution < -0.4 is 0 Å². The Morgan fingerprint density at radius 1 is 1.30 bits per heavy atom. The smallest absolute Gasteiger partial charge is 0.224 e. The average Bonchev–Trinajstić information content (AvgIpc) is 3.30. The number of fused-ring (bicyclic) bond motifs is 1. The van der Waals surface area contributed by atoms with Gasteiger partial charge in [0.2, 0.25) is 7.98 Å². The van der Waals surface area contributed by atoms with Gasteiger partial charge in [0.1, 0.15) is 12.0 Å². The third kappa shape index (κ3) is 2.46. The van der Waals surface area contributed by atoms with Gasteiger partial charge >= 0.3 is 0 Å². The summed E-state index contributed by atoms with van der Waals surface area (Å²) in [6.07, 6.45) is 14.3. The summed E-state index contributed by atoms with van der Waals surface area (Å²) in [6.45, 7) is 2.27. The first-order chi connectivity index (χ1) is 11.3. The normalized spacial score (nSPS) is 17.1. The second-order valence-corrected chi connectivity index (χ2v) is 6.62. The Balaban J connectivity index is 1.71. The summed E-state index contributed by atoms with van der Waals surface area (Å²) in [5.41, 5.74) is 3.02. The SMILES string of the molecule is Bn1ccc2c(-c3cnn(C(CC)C4CCCC4)c3)ncnc21. The van der Waals surface area contributed by atoms with Gasteiger partial charge in [0.05, 0.1) is 17.9 Å². The molecule has 23 heavy (non-hydrogen) atoms. The van der Waals surface area contributed by atoms with E-state index in [1.807, 2.05) is 24.9 Å². The summed E-state index contributed by atoms with van der Waals surface area (Å²) in [5.74, 6) is 0.773. The van der Waals surface area contributed by atoms with E-state index < -0.39 is 0 Å². The highest BCUT2D eigenvalue weighted by Gasteiger charge is 2.26. The van der Waals surface area contributed by atoms with Crippen LogP contribution in [0.5, 0.6) is 0 Å². The molecule has 3 aromatic rings. The molecule has 0 N–H and O–H groups in total. The van der Waals surface area contributed by atoms with Crippen molar-refractivity contribution in [3.8, 4) is 11.3 Å². The molecule has 0 aromatic carbocycles. The highest BCUT2D eigenvalue weighted by Crippen LogP contribution is 2.36. The number of aromatic nitrogens is 5. The standard InChI is InChI=1S/C17H22BN5/c1-2-15(12-5-3-4-6-12)23-10-13(9-21-23)16-14-7-8-22(18)17(14)20-11-19-16/h7-12,15H,2-6,18H2,1H3. The predicted octanol–water partition coefficient (Wildman–Crippen LogP) is 2.83. The van der Waals surface area contributed by atoms with Crippen molar-refractivity contribution in [2.24, 2.45) is 5.92 Å². The summed E-state index contributed by atoms with van der Waals surface area (Å²) in [4.78, 5) is 8.88. The summed E-state index contributed by atoms with van der Waals surface area (Å²) in [5, 5.41) is 5.76. The van der Waals surface area contributed by atoms with E-state index in [-0.39, 0.29) is 0 Å². The van der Waals surface area contributed by atoms with Crippen LogP contribution in [-0.4, -0.2) is 32.2 Å². The summed E-state index contributed by atoms with van der Waals surface area (Å²) in [6, 6.07) is 2.59. The van der Waals surface area contributed by atoms with Crippen molar-refractivity contribution in [3.05, 3.63) is 31.0 Å². The molecule has 0 saturated heterocycles. The molecule has 118 valence electrons. The lowest BCUT2D eigenvalue weighted by atomic mass is 9.96. The second kappa shape index (κ2) is 5.83. The summed E-state index contributed by atoms with van der Waals surface area (Å²) in [7, 11) is 2.01. The third-order valence-corrected chi connectivity index (χ3v) is 5.24. The Morgan fingerprint density at radius 3 is 2.91 bits per heavy atom. The van der Waals surface area contributed by atoms with E-state index in [1.54, 1.807) is 6.33 Å². The minimum absolute atomic E-state index is 0.513. The topological polar surface area (TPSA) is 48.5 Å². The molecule has 1 unspecified atom stereocenters. The van der Waals surface area contributed by atoms with Crippen molar-refractivity contribution >= 4 is 19.0 Å². The lowest BCUT2D eigenvalue weighted by molar-refractivity contribution is 0.301. The van der Waals surface area contributed by atoms with Gasteiger partial charge in [-0.25, -0.2) is 9.97 Å². The van der Waals surface area contributed by atoms with Crippen molar-refractivity contribution in [1.29, 1.82) is 0 Å². The van der Waals surface area contributed by atoms with Gasteiger partial charge in [0.25, 0.3) is 0 Å². The van der Waals surface area contributed by atoms with E-state index >= 15 is 0 Å². The van der Waals surface area contributed by atoms with Crippen LogP contribution >= 0.6 is 0 Å². The van der Waals surface area contributed by atoms with E-state index in [9.17, 15) is 0 Å². The Labute approximate surface area is 137 Å². The molecule has 1 saturated carbocycles. The van der Waals surface area contributed by atoms with E-state index in [1.165, 1.54) is 25.7 Å². The fourth-order valence-electron chi connectivity index (χ4n) is 4.03. The molecule has 0 amide bonds. The molecular formula is C17H22BN5. The van der Waals surface area contributed by atoms with Crippen LogP contribution in [-0.2, 0) is 0 Å². The summed E-state index contributed by atoms with van der Waals surface area (Å²) < 4.78 is 4.19. The van der Waals surface area contributed by atoms with Crippen molar-refractivity contribution in [2.75, 3.05) is 0 Å². The maximum atomic E-state index is 4.67. The van der Waals surface area contributed by atoms with E-state index in [2.05, 4.69) is 38.9 Å². The minimum Gasteiger partial charge on any atom is -0.384 e. The van der Waals surface area contributed by atoms with E-state index in [0.717, 1.165) is 34.6 Å². The molecule has 3 heterocycles. The molecule has 3 aromatic heterocycles. The fourth-order valence-corrected chi connectivity index (χ4v) is 4.03. The molecule has 5 nitrogen and oxygen atoms in total.